The Kier molecular flexibility index (Phi) is 3.42. The second-order valence-corrected chi connectivity index (χ2v) is 4.76. The van der Waals surface area contributed by atoms with E-state index >= 15 is 0 Å². The van der Waals surface area contributed by atoms with E-state index in [4.69, 9.17) is 4.74 Å². The number of hydrogen-bond acceptors (Lipinski definition) is 3. The Bertz CT molecular complexity index is 521. The topological polar surface area (TPSA) is 25.4 Å². The summed E-state index contributed by atoms with van der Waals surface area (Å²) in [5, 5.41) is 1.16. The summed E-state index contributed by atoms with van der Waals surface area (Å²) in [7, 11) is 0. The monoisotopic (exact) mass is 242 g/mol. The van der Waals surface area contributed by atoms with Gasteiger partial charge in [-0.25, -0.2) is 0 Å². The first-order valence-corrected chi connectivity index (χ1v) is 6.62. The quantitative estimate of drug-likeness (QED) is 0.824. The third kappa shape index (κ3) is 2.62. The minimum atomic E-state index is 0.762. The van der Waals surface area contributed by atoms with Gasteiger partial charge < -0.3 is 4.74 Å². The van der Waals surface area contributed by atoms with Gasteiger partial charge in [-0.1, -0.05) is 6.07 Å². The summed E-state index contributed by atoms with van der Waals surface area (Å²) in [5.74, 6) is 0.917. The molecule has 0 atom stereocenters. The molecule has 2 heterocycles. The maximum Gasteiger partial charge on any atom is 0.121 e. The lowest BCUT2D eigenvalue weighted by Gasteiger charge is -2.14. The molecule has 3 nitrogen and oxygen atoms in total. The molecule has 0 bridgehead atoms. The lowest BCUT2D eigenvalue weighted by atomic mass is 10.2. The molecule has 1 fully saturated rings. The molecule has 3 rings (SSSR count). The highest BCUT2D eigenvalue weighted by molar-refractivity contribution is 5.79. The van der Waals surface area contributed by atoms with E-state index < -0.39 is 0 Å². The fraction of sp³-hybridized carbons (Fsp3) is 0.400. The van der Waals surface area contributed by atoms with Crippen molar-refractivity contribution in [3.05, 3.63) is 36.5 Å². The van der Waals surface area contributed by atoms with Crippen molar-refractivity contribution < 1.29 is 4.74 Å². The van der Waals surface area contributed by atoms with E-state index in [-0.39, 0.29) is 0 Å². The molecular formula is C15H18N2O. The van der Waals surface area contributed by atoms with Crippen LogP contribution in [-0.4, -0.2) is 36.1 Å². The number of likely N-dealkylation sites (tertiary alicyclic amines) is 1. The van der Waals surface area contributed by atoms with Gasteiger partial charge in [-0.05, 0) is 44.1 Å². The Morgan fingerprint density at radius 2 is 2.06 bits per heavy atom. The largest absolute Gasteiger partial charge is 0.492 e. The van der Waals surface area contributed by atoms with E-state index in [1.807, 2.05) is 24.4 Å². The van der Waals surface area contributed by atoms with Crippen molar-refractivity contribution >= 4 is 10.9 Å². The maximum absolute atomic E-state index is 5.79. The summed E-state index contributed by atoms with van der Waals surface area (Å²) in [4.78, 5) is 6.79. The maximum atomic E-state index is 5.79. The number of nitrogens with zero attached hydrogens (tertiary/aromatic N) is 2. The first-order valence-electron chi connectivity index (χ1n) is 6.62. The van der Waals surface area contributed by atoms with E-state index in [0.29, 0.717) is 0 Å². The molecule has 0 aliphatic carbocycles. The van der Waals surface area contributed by atoms with Crippen molar-refractivity contribution in [2.45, 2.75) is 12.8 Å². The zero-order chi connectivity index (χ0) is 12.2. The van der Waals surface area contributed by atoms with Gasteiger partial charge in [0.2, 0.25) is 0 Å². The van der Waals surface area contributed by atoms with Crippen molar-refractivity contribution in [1.82, 2.24) is 9.88 Å². The first kappa shape index (κ1) is 11.5. The van der Waals surface area contributed by atoms with Crippen LogP contribution in [0.25, 0.3) is 10.9 Å². The number of aromatic nitrogens is 1. The summed E-state index contributed by atoms with van der Waals surface area (Å²) in [6, 6.07) is 10.1. The van der Waals surface area contributed by atoms with Crippen molar-refractivity contribution in [1.29, 1.82) is 0 Å². The van der Waals surface area contributed by atoms with Crippen LogP contribution >= 0.6 is 0 Å². The Hall–Kier alpha value is -1.61. The number of fused-ring (bicyclic) bond motifs is 1. The van der Waals surface area contributed by atoms with Crippen molar-refractivity contribution in [3.8, 4) is 5.75 Å². The fourth-order valence-electron chi connectivity index (χ4n) is 2.43. The summed E-state index contributed by atoms with van der Waals surface area (Å²) < 4.78 is 5.79. The van der Waals surface area contributed by atoms with Gasteiger partial charge in [-0.3, -0.25) is 9.88 Å². The van der Waals surface area contributed by atoms with E-state index in [0.717, 1.165) is 29.8 Å². The normalized spacial score (nSPS) is 16.2. The van der Waals surface area contributed by atoms with E-state index in [2.05, 4.69) is 22.0 Å². The summed E-state index contributed by atoms with van der Waals surface area (Å²) in [6.07, 6.45) is 4.48. The molecular weight excluding hydrogens is 224 g/mol. The summed E-state index contributed by atoms with van der Waals surface area (Å²) in [5.41, 5.74) is 0.996. The SMILES string of the molecule is c1cnc2cc(OCCN3CCCC3)ccc2c1. The number of ether oxygens (including phenoxy) is 1. The first-order chi connectivity index (χ1) is 8.92. The van der Waals surface area contributed by atoms with E-state index in [9.17, 15) is 0 Å². The smallest absolute Gasteiger partial charge is 0.121 e. The molecule has 0 saturated carbocycles. The molecule has 94 valence electrons. The van der Waals surface area contributed by atoms with Crippen LogP contribution in [-0.2, 0) is 0 Å². The second kappa shape index (κ2) is 5.36. The van der Waals surface area contributed by atoms with Crippen molar-refractivity contribution in [2.24, 2.45) is 0 Å². The molecule has 0 spiro atoms. The zero-order valence-corrected chi connectivity index (χ0v) is 10.5. The minimum Gasteiger partial charge on any atom is -0.492 e. The highest BCUT2D eigenvalue weighted by atomic mass is 16.5. The van der Waals surface area contributed by atoms with Crippen LogP contribution in [0.5, 0.6) is 5.75 Å². The predicted octanol–water partition coefficient (Wildman–Crippen LogP) is 2.71. The average molecular weight is 242 g/mol. The van der Waals surface area contributed by atoms with Gasteiger partial charge >= 0.3 is 0 Å². The van der Waals surface area contributed by atoms with Crippen LogP contribution < -0.4 is 4.74 Å². The lowest BCUT2D eigenvalue weighted by molar-refractivity contribution is 0.238. The Morgan fingerprint density at radius 1 is 1.17 bits per heavy atom. The summed E-state index contributed by atoms with van der Waals surface area (Å²) in [6.45, 7) is 4.24. The zero-order valence-electron chi connectivity index (χ0n) is 10.5. The molecule has 2 aromatic rings. The van der Waals surface area contributed by atoms with Crippen molar-refractivity contribution in [3.63, 3.8) is 0 Å². The number of hydrogen-bond donors (Lipinski definition) is 0. The molecule has 18 heavy (non-hydrogen) atoms. The molecule has 1 saturated heterocycles. The molecule has 0 unspecified atom stereocenters. The third-order valence-electron chi connectivity index (χ3n) is 3.45. The molecule has 0 amide bonds. The van der Waals surface area contributed by atoms with Gasteiger partial charge in [0.15, 0.2) is 0 Å². The molecule has 1 aromatic carbocycles. The summed E-state index contributed by atoms with van der Waals surface area (Å²) >= 11 is 0. The van der Waals surface area contributed by atoms with Crippen LogP contribution in [0.1, 0.15) is 12.8 Å². The van der Waals surface area contributed by atoms with Crippen molar-refractivity contribution in [2.75, 3.05) is 26.2 Å². The Balaban J connectivity index is 1.60. The molecule has 0 N–H and O–H groups in total. The number of rotatable bonds is 4. The van der Waals surface area contributed by atoms with Gasteiger partial charge in [0, 0.05) is 24.2 Å². The molecule has 0 radical (unpaired) electrons. The van der Waals surface area contributed by atoms with Gasteiger partial charge in [0.1, 0.15) is 12.4 Å². The lowest BCUT2D eigenvalue weighted by Crippen LogP contribution is -2.25. The average Bonchev–Trinajstić information content (AvgIpc) is 2.92. The van der Waals surface area contributed by atoms with Gasteiger partial charge in [0.05, 0.1) is 5.52 Å². The minimum absolute atomic E-state index is 0.762. The van der Waals surface area contributed by atoms with Gasteiger partial charge in [0.25, 0.3) is 0 Å². The molecule has 3 heteroatoms. The van der Waals surface area contributed by atoms with Crippen LogP contribution in [0.4, 0.5) is 0 Å². The van der Waals surface area contributed by atoms with Gasteiger partial charge in [-0.2, -0.15) is 0 Å². The van der Waals surface area contributed by atoms with Crippen LogP contribution in [0.2, 0.25) is 0 Å². The standard InChI is InChI=1S/C15H18N2O/c1-2-9-17(8-1)10-11-18-14-6-5-13-4-3-7-16-15(13)12-14/h3-7,12H,1-2,8-11H2. The van der Waals surface area contributed by atoms with Crippen LogP contribution in [0.15, 0.2) is 36.5 Å². The predicted molar refractivity (Wildman–Crippen MR) is 72.9 cm³/mol. The van der Waals surface area contributed by atoms with Crippen LogP contribution in [0.3, 0.4) is 0 Å². The highest BCUT2D eigenvalue weighted by Crippen LogP contribution is 2.18. The molecule has 1 aliphatic rings. The Labute approximate surface area is 107 Å². The van der Waals surface area contributed by atoms with Gasteiger partial charge in [-0.15, -0.1) is 0 Å². The van der Waals surface area contributed by atoms with E-state index in [1.54, 1.807) is 0 Å². The fourth-order valence-corrected chi connectivity index (χ4v) is 2.43. The third-order valence-corrected chi connectivity index (χ3v) is 3.45. The highest BCUT2D eigenvalue weighted by Gasteiger charge is 2.10. The van der Waals surface area contributed by atoms with E-state index in [1.165, 1.54) is 25.9 Å². The Morgan fingerprint density at radius 3 is 2.94 bits per heavy atom. The van der Waals surface area contributed by atoms with Crippen LogP contribution in [0, 0.1) is 0 Å². The molecule has 1 aromatic heterocycles. The second-order valence-electron chi connectivity index (χ2n) is 4.76. The molecule has 1 aliphatic heterocycles. The number of pyridine rings is 1. The number of benzene rings is 1.